The van der Waals surface area contributed by atoms with E-state index < -0.39 is 11.5 Å². The number of benzene rings is 2. The van der Waals surface area contributed by atoms with Crippen LogP contribution in [0.4, 0.5) is 4.79 Å². The van der Waals surface area contributed by atoms with Crippen molar-refractivity contribution >= 4 is 17.9 Å². The zero-order chi connectivity index (χ0) is 25.3. The normalized spacial score (nSPS) is 12.4. The van der Waals surface area contributed by atoms with Gasteiger partial charge in [0.1, 0.15) is 6.61 Å². The summed E-state index contributed by atoms with van der Waals surface area (Å²) in [4.78, 5) is 40.3. The fraction of sp³-hybridized carbons (Fsp3) is 0.423. The van der Waals surface area contributed by atoms with Gasteiger partial charge in [0, 0.05) is 24.4 Å². The predicted octanol–water partition coefficient (Wildman–Crippen LogP) is 2.75. The van der Waals surface area contributed by atoms with E-state index >= 15 is 0 Å². The molecule has 35 heavy (non-hydrogen) atoms. The van der Waals surface area contributed by atoms with E-state index in [-0.39, 0.29) is 57.2 Å². The van der Waals surface area contributed by atoms with Crippen molar-refractivity contribution < 1.29 is 28.7 Å². The van der Waals surface area contributed by atoms with Gasteiger partial charge in [-0.05, 0) is 22.3 Å². The molecule has 0 bridgehead atoms. The summed E-state index contributed by atoms with van der Waals surface area (Å²) in [5.74, 6) is -0.670. The zero-order valence-electron chi connectivity index (χ0n) is 20.4. The van der Waals surface area contributed by atoms with Gasteiger partial charge in [-0.1, -0.05) is 69.3 Å². The maximum absolute atomic E-state index is 12.1. The molecule has 0 heterocycles. The molecule has 0 fully saturated rings. The van der Waals surface area contributed by atoms with E-state index in [1.165, 1.54) is 11.1 Å². The van der Waals surface area contributed by atoms with E-state index in [0.717, 1.165) is 11.1 Å². The van der Waals surface area contributed by atoms with Gasteiger partial charge in [0.15, 0.2) is 6.61 Å². The number of hydroxylamine groups is 1. The second kappa shape index (κ2) is 12.3. The smallest absolute Gasteiger partial charge is 0.407 e. The van der Waals surface area contributed by atoms with Gasteiger partial charge in [-0.3, -0.25) is 14.4 Å². The molecule has 0 radical (unpaired) electrons. The molecular formula is C26H33N3O6. The van der Waals surface area contributed by atoms with Crippen LogP contribution in [0.25, 0.3) is 11.1 Å². The van der Waals surface area contributed by atoms with E-state index in [2.05, 4.69) is 40.4 Å². The van der Waals surface area contributed by atoms with Crippen molar-refractivity contribution in [3.63, 3.8) is 0 Å². The lowest BCUT2D eigenvalue weighted by Crippen LogP contribution is -2.38. The van der Waals surface area contributed by atoms with Crippen LogP contribution in [0, 0.1) is 5.41 Å². The first kappa shape index (κ1) is 26.2. The lowest BCUT2D eigenvalue weighted by atomic mass is 9.96. The number of amides is 3. The monoisotopic (exact) mass is 483 g/mol. The molecule has 3 N–H and O–H groups in total. The van der Waals surface area contributed by atoms with Crippen molar-refractivity contribution in [3.8, 4) is 11.1 Å². The summed E-state index contributed by atoms with van der Waals surface area (Å²) in [5, 5.41) is 5.28. The third kappa shape index (κ3) is 7.53. The first-order valence-corrected chi connectivity index (χ1v) is 11.6. The van der Waals surface area contributed by atoms with Crippen LogP contribution in [0.2, 0.25) is 0 Å². The third-order valence-corrected chi connectivity index (χ3v) is 5.48. The summed E-state index contributed by atoms with van der Waals surface area (Å²) in [6.45, 7) is 6.30. The number of hydrogen-bond donors (Lipinski definition) is 3. The molecule has 1 aliphatic rings. The van der Waals surface area contributed by atoms with Gasteiger partial charge < -0.3 is 20.1 Å². The minimum atomic E-state index is -0.599. The van der Waals surface area contributed by atoms with Crippen LogP contribution in [0.15, 0.2) is 48.5 Å². The Morgan fingerprint density at radius 2 is 1.43 bits per heavy atom. The Balaban J connectivity index is 1.25. The number of fused-ring (bicyclic) bond motifs is 3. The summed E-state index contributed by atoms with van der Waals surface area (Å²) in [5.41, 5.74) is 6.32. The minimum absolute atomic E-state index is 0.0128. The molecule has 2 aromatic rings. The Labute approximate surface area is 205 Å². The summed E-state index contributed by atoms with van der Waals surface area (Å²) in [6, 6.07) is 16.3. The van der Waals surface area contributed by atoms with E-state index in [0.29, 0.717) is 0 Å². The number of nitrogens with one attached hydrogen (secondary N) is 3. The molecule has 0 atom stereocenters. The molecule has 2 aromatic carbocycles. The van der Waals surface area contributed by atoms with Gasteiger partial charge in [0.05, 0.1) is 13.2 Å². The number of ether oxygens (including phenoxy) is 2. The summed E-state index contributed by atoms with van der Waals surface area (Å²) in [6.07, 6.45) is -0.502. The second-order valence-corrected chi connectivity index (χ2v) is 9.18. The van der Waals surface area contributed by atoms with Gasteiger partial charge in [0.25, 0.3) is 0 Å². The molecule has 0 saturated carbocycles. The van der Waals surface area contributed by atoms with Crippen molar-refractivity contribution in [1.29, 1.82) is 0 Å². The fourth-order valence-electron chi connectivity index (χ4n) is 3.61. The maximum Gasteiger partial charge on any atom is 0.407 e. The standard InChI is InChI=1S/C26H33N3O6/c1-26(2,3)24(31)29-35-17-23(30)27-12-14-33-15-13-28-25(32)34-16-22-20-10-6-4-8-18(20)19-9-5-7-11-21(19)22/h4-11,22H,12-17H2,1-3H3,(H,27,30)(H,28,32)(H,29,31). The molecule has 3 amide bonds. The van der Waals surface area contributed by atoms with Crippen molar-refractivity contribution in [2.75, 3.05) is 39.5 Å². The molecule has 188 valence electrons. The Hall–Kier alpha value is -3.43. The first-order valence-electron chi connectivity index (χ1n) is 11.6. The summed E-state index contributed by atoms with van der Waals surface area (Å²) in [7, 11) is 0. The number of alkyl carbamates (subject to hydrolysis) is 1. The third-order valence-electron chi connectivity index (χ3n) is 5.48. The molecule has 1 aliphatic carbocycles. The molecule has 9 heteroatoms. The highest BCUT2D eigenvalue weighted by molar-refractivity contribution is 5.81. The quantitative estimate of drug-likeness (QED) is 0.334. The van der Waals surface area contributed by atoms with Crippen LogP contribution in [0.1, 0.15) is 37.8 Å². The van der Waals surface area contributed by atoms with Crippen molar-refractivity contribution in [2.45, 2.75) is 26.7 Å². The van der Waals surface area contributed by atoms with E-state index in [1.807, 2.05) is 24.3 Å². The Kier molecular flexibility index (Phi) is 9.22. The van der Waals surface area contributed by atoms with Crippen molar-refractivity contribution in [1.82, 2.24) is 16.1 Å². The molecule has 9 nitrogen and oxygen atoms in total. The molecule has 0 saturated heterocycles. The lowest BCUT2D eigenvalue weighted by Gasteiger charge is -2.16. The average Bonchev–Trinajstić information content (AvgIpc) is 3.15. The molecular weight excluding hydrogens is 450 g/mol. The van der Waals surface area contributed by atoms with E-state index in [9.17, 15) is 14.4 Å². The predicted molar refractivity (Wildman–Crippen MR) is 130 cm³/mol. The van der Waals surface area contributed by atoms with E-state index in [1.54, 1.807) is 20.8 Å². The van der Waals surface area contributed by atoms with Crippen LogP contribution < -0.4 is 16.1 Å². The fourth-order valence-corrected chi connectivity index (χ4v) is 3.61. The zero-order valence-corrected chi connectivity index (χ0v) is 20.4. The van der Waals surface area contributed by atoms with Gasteiger partial charge in [0.2, 0.25) is 11.8 Å². The highest BCUT2D eigenvalue weighted by Gasteiger charge is 2.29. The largest absolute Gasteiger partial charge is 0.449 e. The Bertz CT molecular complexity index is 988. The number of carbonyl (C=O) groups is 3. The van der Waals surface area contributed by atoms with Crippen LogP contribution in [-0.4, -0.2) is 57.4 Å². The van der Waals surface area contributed by atoms with Gasteiger partial charge >= 0.3 is 6.09 Å². The molecule has 0 unspecified atom stereocenters. The first-order chi connectivity index (χ1) is 16.8. The summed E-state index contributed by atoms with van der Waals surface area (Å²) < 4.78 is 10.9. The molecule has 0 aliphatic heterocycles. The van der Waals surface area contributed by atoms with Crippen molar-refractivity contribution in [3.05, 3.63) is 59.7 Å². The van der Waals surface area contributed by atoms with Crippen LogP contribution in [0.3, 0.4) is 0 Å². The number of carbonyl (C=O) groups excluding carboxylic acids is 3. The topological polar surface area (TPSA) is 115 Å². The molecule has 3 rings (SSSR count). The SMILES string of the molecule is CC(C)(C)C(=O)NOCC(=O)NCCOCCNC(=O)OCC1c2ccccc2-c2ccccc21. The highest BCUT2D eigenvalue weighted by atomic mass is 16.7. The summed E-state index contributed by atoms with van der Waals surface area (Å²) >= 11 is 0. The van der Waals surface area contributed by atoms with Gasteiger partial charge in [-0.15, -0.1) is 0 Å². The Morgan fingerprint density at radius 1 is 0.857 bits per heavy atom. The maximum atomic E-state index is 12.1. The highest BCUT2D eigenvalue weighted by Crippen LogP contribution is 2.44. The number of hydrogen-bond acceptors (Lipinski definition) is 6. The molecule has 0 aromatic heterocycles. The minimum Gasteiger partial charge on any atom is -0.449 e. The lowest BCUT2D eigenvalue weighted by molar-refractivity contribution is -0.145. The van der Waals surface area contributed by atoms with E-state index in [4.69, 9.17) is 14.3 Å². The van der Waals surface area contributed by atoms with Crippen molar-refractivity contribution in [2.24, 2.45) is 5.41 Å². The van der Waals surface area contributed by atoms with Gasteiger partial charge in [-0.25, -0.2) is 10.3 Å². The van der Waals surface area contributed by atoms with Crippen LogP contribution in [0.5, 0.6) is 0 Å². The molecule has 0 spiro atoms. The van der Waals surface area contributed by atoms with Crippen LogP contribution in [-0.2, 0) is 23.9 Å². The van der Waals surface area contributed by atoms with Crippen LogP contribution >= 0.6 is 0 Å². The van der Waals surface area contributed by atoms with Gasteiger partial charge in [-0.2, -0.15) is 0 Å². The second-order valence-electron chi connectivity index (χ2n) is 9.18. The number of rotatable bonds is 11. The average molecular weight is 484 g/mol. The Morgan fingerprint density at radius 3 is 2.03 bits per heavy atom.